The molecule has 0 fully saturated rings. The number of aryl methyl sites for hydroxylation is 1. The number of nitrogens with zero attached hydrogens (tertiary/aromatic N) is 3. The quantitative estimate of drug-likeness (QED) is 0.567. The third-order valence-corrected chi connectivity index (χ3v) is 2.28. The summed E-state index contributed by atoms with van der Waals surface area (Å²) in [5.74, 6) is 7.73. The van der Waals surface area contributed by atoms with Crippen LogP contribution in [0.3, 0.4) is 0 Å². The van der Waals surface area contributed by atoms with Crippen LogP contribution >= 0.6 is 0 Å². The topological polar surface area (TPSA) is 67.1 Å². The van der Waals surface area contributed by atoms with Crippen molar-refractivity contribution in [1.82, 2.24) is 9.97 Å². The van der Waals surface area contributed by atoms with Crippen molar-refractivity contribution < 1.29 is 0 Å². The van der Waals surface area contributed by atoms with Gasteiger partial charge in [-0.25, -0.2) is 15.8 Å². The lowest BCUT2D eigenvalue weighted by atomic mass is 10.3. The predicted octanol–water partition coefficient (Wildman–Crippen LogP) is 1.70. The Bertz CT molecular complexity index is 320. The van der Waals surface area contributed by atoms with Crippen LogP contribution in [0.2, 0.25) is 0 Å². The number of hydrogen-bond donors (Lipinski definition) is 2. The summed E-state index contributed by atoms with van der Waals surface area (Å²) in [7, 11) is 0. The van der Waals surface area contributed by atoms with Crippen LogP contribution in [0.25, 0.3) is 0 Å². The van der Waals surface area contributed by atoms with Crippen molar-refractivity contribution in [1.29, 1.82) is 0 Å². The molecule has 0 spiro atoms. The lowest BCUT2D eigenvalue weighted by Crippen LogP contribution is -2.26. The van der Waals surface area contributed by atoms with Gasteiger partial charge in [0.2, 0.25) is 0 Å². The fourth-order valence-corrected chi connectivity index (χ4v) is 1.67. The molecule has 0 amide bonds. The highest BCUT2D eigenvalue weighted by atomic mass is 15.3. The fourth-order valence-electron chi connectivity index (χ4n) is 1.67. The van der Waals surface area contributed by atoms with E-state index >= 15 is 0 Å². The van der Waals surface area contributed by atoms with Crippen LogP contribution in [-0.4, -0.2) is 23.1 Å². The summed E-state index contributed by atoms with van der Waals surface area (Å²) in [5, 5.41) is 0. The average Bonchev–Trinajstić information content (AvgIpc) is 2.28. The molecule has 0 aliphatic carbocycles. The zero-order chi connectivity index (χ0) is 12.0. The second-order valence-electron chi connectivity index (χ2n) is 3.79. The molecule has 16 heavy (non-hydrogen) atoms. The van der Waals surface area contributed by atoms with Gasteiger partial charge in [0.15, 0.2) is 0 Å². The van der Waals surface area contributed by atoms with Crippen molar-refractivity contribution in [2.45, 2.75) is 33.6 Å². The zero-order valence-electron chi connectivity index (χ0n) is 10.3. The molecule has 1 rings (SSSR count). The Morgan fingerprint density at radius 2 is 1.88 bits per heavy atom. The van der Waals surface area contributed by atoms with Gasteiger partial charge in [-0.3, -0.25) is 0 Å². The van der Waals surface area contributed by atoms with Crippen LogP contribution in [0.15, 0.2) is 6.07 Å². The molecule has 0 saturated carbocycles. The van der Waals surface area contributed by atoms with E-state index in [0.29, 0.717) is 5.82 Å². The van der Waals surface area contributed by atoms with Gasteiger partial charge < -0.3 is 10.3 Å². The molecule has 0 aliphatic rings. The normalized spacial score (nSPS) is 10.2. The smallest absolute Gasteiger partial charge is 0.145 e. The van der Waals surface area contributed by atoms with E-state index in [1.54, 1.807) is 0 Å². The highest BCUT2D eigenvalue weighted by Gasteiger charge is 2.08. The molecule has 0 aromatic carbocycles. The Morgan fingerprint density at radius 1 is 1.25 bits per heavy atom. The third-order valence-electron chi connectivity index (χ3n) is 2.28. The molecule has 5 nitrogen and oxygen atoms in total. The summed E-state index contributed by atoms with van der Waals surface area (Å²) < 4.78 is 0. The summed E-state index contributed by atoms with van der Waals surface area (Å²) in [5.41, 5.74) is 2.57. The lowest BCUT2D eigenvalue weighted by Gasteiger charge is -2.23. The summed E-state index contributed by atoms with van der Waals surface area (Å²) in [6, 6.07) is 1.89. The first-order chi connectivity index (χ1) is 7.71. The van der Waals surface area contributed by atoms with Crippen molar-refractivity contribution in [2.75, 3.05) is 23.4 Å². The van der Waals surface area contributed by atoms with Gasteiger partial charge >= 0.3 is 0 Å². The van der Waals surface area contributed by atoms with Gasteiger partial charge in [-0.05, 0) is 19.8 Å². The molecule has 5 heteroatoms. The summed E-state index contributed by atoms with van der Waals surface area (Å²) >= 11 is 0. The van der Waals surface area contributed by atoms with Gasteiger partial charge in [-0.1, -0.05) is 13.8 Å². The van der Waals surface area contributed by atoms with E-state index in [2.05, 4.69) is 34.1 Å². The van der Waals surface area contributed by atoms with Gasteiger partial charge in [0.05, 0.1) is 0 Å². The maximum Gasteiger partial charge on any atom is 0.145 e. The van der Waals surface area contributed by atoms with Crippen molar-refractivity contribution in [3.8, 4) is 0 Å². The highest BCUT2D eigenvalue weighted by molar-refractivity contribution is 5.48. The molecule has 0 aliphatic heterocycles. The minimum Gasteiger partial charge on any atom is -0.356 e. The zero-order valence-corrected chi connectivity index (χ0v) is 10.3. The molecule has 0 atom stereocenters. The van der Waals surface area contributed by atoms with Crippen LogP contribution < -0.4 is 16.2 Å². The first kappa shape index (κ1) is 12.7. The Labute approximate surface area is 97.0 Å². The Hall–Kier alpha value is -1.36. The maximum atomic E-state index is 5.38. The molecule has 0 unspecified atom stereocenters. The minimum absolute atomic E-state index is 0.666. The lowest BCUT2D eigenvalue weighted by molar-refractivity contribution is 0.730. The molecule has 3 N–H and O–H groups in total. The number of hydrazine groups is 1. The molecular weight excluding hydrogens is 202 g/mol. The molecule has 1 heterocycles. The molecule has 0 saturated heterocycles. The van der Waals surface area contributed by atoms with Crippen molar-refractivity contribution in [3.63, 3.8) is 0 Å². The molecule has 1 aromatic heterocycles. The number of hydrogen-bond acceptors (Lipinski definition) is 5. The second kappa shape index (κ2) is 6.27. The molecule has 0 bridgehead atoms. The van der Waals surface area contributed by atoms with Gasteiger partial charge in [0.25, 0.3) is 0 Å². The molecular formula is C11H21N5. The largest absolute Gasteiger partial charge is 0.356 e. The SMILES string of the molecule is CCCN(CCC)c1cc(NN)nc(C)n1. The summed E-state index contributed by atoms with van der Waals surface area (Å²) in [6.07, 6.45) is 2.21. The summed E-state index contributed by atoms with van der Waals surface area (Å²) in [6.45, 7) is 8.22. The average molecular weight is 223 g/mol. The van der Waals surface area contributed by atoms with E-state index in [1.807, 2.05) is 13.0 Å². The number of anilines is 2. The monoisotopic (exact) mass is 223 g/mol. The highest BCUT2D eigenvalue weighted by Crippen LogP contribution is 2.15. The maximum absolute atomic E-state index is 5.38. The van der Waals surface area contributed by atoms with E-state index in [1.165, 1.54) is 0 Å². The molecule has 1 aromatic rings. The van der Waals surface area contributed by atoms with E-state index < -0.39 is 0 Å². The van der Waals surface area contributed by atoms with Crippen molar-refractivity contribution >= 4 is 11.6 Å². The van der Waals surface area contributed by atoms with Crippen LogP contribution in [0.1, 0.15) is 32.5 Å². The standard InChI is InChI=1S/C11H21N5/c1-4-6-16(7-5-2)11-8-10(15-12)13-9(3)14-11/h8H,4-7,12H2,1-3H3,(H,13,14,15). The number of rotatable bonds is 6. The Balaban J connectivity index is 2.93. The Morgan fingerprint density at radius 3 is 2.38 bits per heavy atom. The van der Waals surface area contributed by atoms with Crippen LogP contribution in [0.5, 0.6) is 0 Å². The molecule has 90 valence electrons. The van der Waals surface area contributed by atoms with Crippen molar-refractivity contribution in [3.05, 3.63) is 11.9 Å². The van der Waals surface area contributed by atoms with Crippen LogP contribution in [0, 0.1) is 6.92 Å². The van der Waals surface area contributed by atoms with Gasteiger partial charge in [-0.2, -0.15) is 0 Å². The van der Waals surface area contributed by atoms with E-state index in [0.717, 1.165) is 37.6 Å². The first-order valence-corrected chi connectivity index (χ1v) is 5.78. The number of nitrogens with two attached hydrogens (primary N) is 1. The van der Waals surface area contributed by atoms with Crippen molar-refractivity contribution in [2.24, 2.45) is 5.84 Å². The van der Waals surface area contributed by atoms with Crippen LogP contribution in [-0.2, 0) is 0 Å². The van der Waals surface area contributed by atoms with Gasteiger partial charge in [0.1, 0.15) is 17.5 Å². The van der Waals surface area contributed by atoms with Gasteiger partial charge in [0, 0.05) is 19.2 Å². The number of nitrogens with one attached hydrogen (secondary N) is 1. The predicted molar refractivity (Wildman–Crippen MR) is 67.4 cm³/mol. The Kier molecular flexibility index (Phi) is 4.98. The summed E-state index contributed by atoms with van der Waals surface area (Å²) in [4.78, 5) is 10.9. The van der Waals surface area contributed by atoms with E-state index in [9.17, 15) is 0 Å². The van der Waals surface area contributed by atoms with E-state index in [-0.39, 0.29) is 0 Å². The fraction of sp³-hybridized carbons (Fsp3) is 0.636. The number of nitrogen functional groups attached to an aromatic ring is 1. The van der Waals surface area contributed by atoms with Crippen LogP contribution in [0.4, 0.5) is 11.6 Å². The first-order valence-electron chi connectivity index (χ1n) is 5.78. The minimum atomic E-state index is 0.666. The third kappa shape index (κ3) is 3.34. The number of aromatic nitrogens is 2. The molecule has 0 radical (unpaired) electrons. The van der Waals surface area contributed by atoms with E-state index in [4.69, 9.17) is 5.84 Å². The second-order valence-corrected chi connectivity index (χ2v) is 3.79. The van der Waals surface area contributed by atoms with Gasteiger partial charge in [-0.15, -0.1) is 0 Å².